The molecule has 1 fully saturated rings. The standard InChI is InChI=1S/C13H15ClO3/c1-7-4-9(14)5-8(2)12(7)17-11-6-10(15)13(11)16-3/h4-5,11,13H,6H2,1-3H3. The van der Waals surface area contributed by atoms with Gasteiger partial charge in [-0.15, -0.1) is 0 Å². The molecule has 1 aliphatic rings. The lowest BCUT2D eigenvalue weighted by molar-refractivity contribution is -0.151. The molecule has 2 rings (SSSR count). The molecule has 2 unspecified atom stereocenters. The largest absolute Gasteiger partial charge is 0.486 e. The van der Waals surface area contributed by atoms with Crippen LogP contribution in [0.3, 0.4) is 0 Å². The monoisotopic (exact) mass is 254 g/mol. The second-order valence-electron chi connectivity index (χ2n) is 4.35. The van der Waals surface area contributed by atoms with Crippen LogP contribution in [0.5, 0.6) is 5.75 Å². The van der Waals surface area contributed by atoms with Gasteiger partial charge in [0.15, 0.2) is 11.9 Å². The van der Waals surface area contributed by atoms with E-state index in [0.29, 0.717) is 11.4 Å². The first kappa shape index (κ1) is 12.4. The molecule has 2 atom stereocenters. The molecule has 1 aromatic rings. The zero-order valence-electron chi connectivity index (χ0n) is 10.1. The Morgan fingerprint density at radius 1 is 1.29 bits per heavy atom. The van der Waals surface area contributed by atoms with Gasteiger partial charge in [-0.05, 0) is 37.1 Å². The van der Waals surface area contributed by atoms with Crippen molar-refractivity contribution in [3.8, 4) is 5.75 Å². The predicted molar refractivity (Wildman–Crippen MR) is 65.8 cm³/mol. The van der Waals surface area contributed by atoms with Crippen molar-refractivity contribution in [3.05, 3.63) is 28.3 Å². The van der Waals surface area contributed by atoms with Gasteiger partial charge in [-0.1, -0.05) is 11.6 Å². The Morgan fingerprint density at radius 3 is 2.35 bits per heavy atom. The Hall–Kier alpha value is -1.06. The van der Waals surface area contributed by atoms with Gasteiger partial charge in [0, 0.05) is 18.6 Å². The van der Waals surface area contributed by atoms with Crippen molar-refractivity contribution in [2.75, 3.05) is 7.11 Å². The summed E-state index contributed by atoms with van der Waals surface area (Å²) in [5.74, 6) is 0.899. The fraction of sp³-hybridized carbons (Fsp3) is 0.462. The number of hydrogen-bond donors (Lipinski definition) is 0. The summed E-state index contributed by atoms with van der Waals surface area (Å²) in [6.45, 7) is 3.88. The van der Waals surface area contributed by atoms with Crippen LogP contribution >= 0.6 is 11.6 Å². The molecular formula is C13H15ClO3. The Morgan fingerprint density at radius 2 is 1.88 bits per heavy atom. The lowest BCUT2D eigenvalue weighted by atomic mass is 9.90. The molecule has 1 aromatic carbocycles. The molecule has 1 saturated carbocycles. The minimum Gasteiger partial charge on any atom is -0.486 e. The third kappa shape index (κ3) is 2.31. The fourth-order valence-corrected chi connectivity index (χ4v) is 2.42. The maximum Gasteiger partial charge on any atom is 0.169 e. The normalized spacial score (nSPS) is 23.4. The summed E-state index contributed by atoms with van der Waals surface area (Å²) in [7, 11) is 1.53. The summed E-state index contributed by atoms with van der Waals surface area (Å²) in [6, 6.07) is 3.71. The van der Waals surface area contributed by atoms with E-state index in [2.05, 4.69) is 0 Å². The highest BCUT2D eigenvalue weighted by molar-refractivity contribution is 6.30. The van der Waals surface area contributed by atoms with Crippen molar-refractivity contribution >= 4 is 17.4 Å². The van der Waals surface area contributed by atoms with Gasteiger partial charge < -0.3 is 9.47 Å². The van der Waals surface area contributed by atoms with Crippen molar-refractivity contribution in [3.63, 3.8) is 0 Å². The van der Waals surface area contributed by atoms with Crippen molar-refractivity contribution in [2.24, 2.45) is 0 Å². The van der Waals surface area contributed by atoms with E-state index >= 15 is 0 Å². The number of halogens is 1. The van der Waals surface area contributed by atoms with Gasteiger partial charge in [0.2, 0.25) is 0 Å². The summed E-state index contributed by atoms with van der Waals surface area (Å²) in [6.07, 6.45) is -0.185. The van der Waals surface area contributed by atoms with Crippen LogP contribution in [0.15, 0.2) is 12.1 Å². The third-order valence-corrected chi connectivity index (χ3v) is 3.22. The molecule has 0 aliphatic heterocycles. The first-order valence-corrected chi connectivity index (χ1v) is 5.89. The number of carbonyl (C=O) groups is 1. The van der Waals surface area contributed by atoms with Gasteiger partial charge in [0.25, 0.3) is 0 Å². The lowest BCUT2D eigenvalue weighted by Crippen LogP contribution is -2.51. The zero-order chi connectivity index (χ0) is 12.6. The number of carbonyl (C=O) groups excluding carboxylic acids is 1. The molecule has 92 valence electrons. The molecule has 0 saturated heterocycles. The van der Waals surface area contributed by atoms with Crippen LogP contribution in [0.4, 0.5) is 0 Å². The van der Waals surface area contributed by atoms with Crippen LogP contribution in [0, 0.1) is 13.8 Å². The van der Waals surface area contributed by atoms with Crippen molar-refractivity contribution < 1.29 is 14.3 Å². The van der Waals surface area contributed by atoms with E-state index in [0.717, 1.165) is 16.9 Å². The van der Waals surface area contributed by atoms with E-state index in [1.807, 2.05) is 26.0 Å². The number of rotatable bonds is 3. The second kappa shape index (κ2) is 4.67. The number of hydrogen-bond acceptors (Lipinski definition) is 3. The highest BCUT2D eigenvalue weighted by Gasteiger charge is 2.42. The van der Waals surface area contributed by atoms with Crippen LogP contribution in [0.1, 0.15) is 17.5 Å². The molecule has 0 radical (unpaired) electrons. The quantitative estimate of drug-likeness (QED) is 0.832. The number of benzene rings is 1. The van der Waals surface area contributed by atoms with Crippen molar-refractivity contribution in [2.45, 2.75) is 32.5 Å². The van der Waals surface area contributed by atoms with Gasteiger partial charge in [-0.3, -0.25) is 4.79 Å². The van der Waals surface area contributed by atoms with Crippen molar-refractivity contribution in [1.82, 2.24) is 0 Å². The Bertz CT molecular complexity index is 433. The van der Waals surface area contributed by atoms with Crippen LogP contribution in [0.2, 0.25) is 5.02 Å². The minimum atomic E-state index is -0.426. The zero-order valence-corrected chi connectivity index (χ0v) is 10.9. The summed E-state index contributed by atoms with van der Waals surface area (Å²) in [5, 5.41) is 0.695. The van der Waals surface area contributed by atoms with E-state index < -0.39 is 6.10 Å². The average Bonchev–Trinajstić information content (AvgIpc) is 2.21. The summed E-state index contributed by atoms with van der Waals surface area (Å²) < 4.78 is 10.9. The van der Waals surface area contributed by atoms with E-state index in [1.54, 1.807) is 0 Å². The molecule has 4 heteroatoms. The fourth-order valence-electron chi connectivity index (χ4n) is 2.09. The second-order valence-corrected chi connectivity index (χ2v) is 4.79. The van der Waals surface area contributed by atoms with E-state index in [9.17, 15) is 4.79 Å². The van der Waals surface area contributed by atoms with Crippen LogP contribution in [-0.4, -0.2) is 25.1 Å². The highest BCUT2D eigenvalue weighted by Crippen LogP contribution is 2.32. The average molecular weight is 255 g/mol. The van der Waals surface area contributed by atoms with Gasteiger partial charge in [0.05, 0.1) is 0 Å². The Labute approximate surface area is 106 Å². The van der Waals surface area contributed by atoms with Gasteiger partial charge in [-0.25, -0.2) is 0 Å². The molecule has 0 spiro atoms. The molecule has 3 nitrogen and oxygen atoms in total. The van der Waals surface area contributed by atoms with Crippen LogP contribution in [-0.2, 0) is 9.53 Å². The number of ether oxygens (including phenoxy) is 2. The topological polar surface area (TPSA) is 35.5 Å². The molecule has 17 heavy (non-hydrogen) atoms. The number of ketones is 1. The van der Waals surface area contributed by atoms with E-state index in [1.165, 1.54) is 7.11 Å². The van der Waals surface area contributed by atoms with Gasteiger partial charge in [0.1, 0.15) is 11.9 Å². The van der Waals surface area contributed by atoms with E-state index in [-0.39, 0.29) is 11.9 Å². The van der Waals surface area contributed by atoms with Gasteiger partial charge in [-0.2, -0.15) is 0 Å². The molecule has 1 aliphatic carbocycles. The first-order chi connectivity index (χ1) is 8.02. The number of aryl methyl sites for hydroxylation is 2. The molecule has 0 aromatic heterocycles. The maximum absolute atomic E-state index is 11.3. The maximum atomic E-state index is 11.3. The molecule has 0 bridgehead atoms. The Balaban J connectivity index is 2.17. The first-order valence-electron chi connectivity index (χ1n) is 5.52. The van der Waals surface area contributed by atoms with Crippen LogP contribution in [0.25, 0.3) is 0 Å². The van der Waals surface area contributed by atoms with Gasteiger partial charge >= 0.3 is 0 Å². The molecule has 0 N–H and O–H groups in total. The highest BCUT2D eigenvalue weighted by atomic mass is 35.5. The summed E-state index contributed by atoms with van der Waals surface area (Å²) in [5.41, 5.74) is 1.95. The number of Topliss-reactive ketones (excluding diaryl/α,β-unsaturated/α-hetero) is 1. The molecule has 0 heterocycles. The third-order valence-electron chi connectivity index (χ3n) is 3.01. The van der Waals surface area contributed by atoms with Crippen molar-refractivity contribution in [1.29, 1.82) is 0 Å². The molecule has 0 amide bonds. The lowest BCUT2D eigenvalue weighted by Gasteiger charge is -2.34. The minimum absolute atomic E-state index is 0.0989. The Kier molecular flexibility index (Phi) is 3.40. The SMILES string of the molecule is COC1C(=O)CC1Oc1c(C)cc(Cl)cc1C. The summed E-state index contributed by atoms with van der Waals surface area (Å²) >= 11 is 5.95. The van der Waals surface area contributed by atoms with E-state index in [4.69, 9.17) is 21.1 Å². The smallest absolute Gasteiger partial charge is 0.169 e. The number of methoxy groups -OCH3 is 1. The van der Waals surface area contributed by atoms with Crippen LogP contribution < -0.4 is 4.74 Å². The summed E-state index contributed by atoms with van der Waals surface area (Å²) in [4.78, 5) is 11.3. The molecular weight excluding hydrogens is 240 g/mol. The predicted octanol–water partition coefficient (Wildman–Crippen LogP) is 2.69.